The Balaban J connectivity index is 2.11. The largest absolute Gasteiger partial charge is 0.372 e. The standard InChI is InChI=1S/C26H33N3O/c1-5-28(6-2)24-19-21(18-20-14-12-13-17-23(20)24)25(29(7-3)8-4)26(30)27-22-15-10-9-11-16-22/h9-19,25H,5-8H2,1-4H3,(H,27,30). The van der Waals surface area contributed by atoms with E-state index in [0.717, 1.165) is 37.4 Å². The van der Waals surface area contributed by atoms with Crippen LogP contribution in [0, 0.1) is 0 Å². The molecule has 0 saturated heterocycles. The molecule has 0 spiro atoms. The van der Waals surface area contributed by atoms with Gasteiger partial charge in [0.05, 0.1) is 0 Å². The molecule has 0 radical (unpaired) electrons. The molecule has 0 aromatic heterocycles. The fourth-order valence-corrected chi connectivity index (χ4v) is 4.15. The van der Waals surface area contributed by atoms with Gasteiger partial charge in [-0.15, -0.1) is 0 Å². The molecule has 3 rings (SSSR count). The van der Waals surface area contributed by atoms with Crippen LogP contribution in [0.4, 0.5) is 11.4 Å². The minimum Gasteiger partial charge on any atom is -0.372 e. The van der Waals surface area contributed by atoms with E-state index in [9.17, 15) is 4.79 Å². The number of rotatable bonds is 9. The molecule has 0 saturated carbocycles. The molecule has 0 aliphatic heterocycles. The van der Waals surface area contributed by atoms with Crippen LogP contribution in [0.3, 0.4) is 0 Å². The zero-order valence-corrected chi connectivity index (χ0v) is 18.6. The van der Waals surface area contributed by atoms with Crippen molar-refractivity contribution in [1.29, 1.82) is 0 Å². The molecular weight excluding hydrogens is 370 g/mol. The van der Waals surface area contributed by atoms with Crippen LogP contribution >= 0.6 is 0 Å². The third-order valence-corrected chi connectivity index (χ3v) is 5.75. The van der Waals surface area contributed by atoms with Crippen LogP contribution in [0.25, 0.3) is 10.8 Å². The van der Waals surface area contributed by atoms with Gasteiger partial charge in [0.25, 0.3) is 0 Å². The number of carbonyl (C=O) groups excluding carboxylic acids is 1. The van der Waals surface area contributed by atoms with E-state index in [-0.39, 0.29) is 11.9 Å². The molecule has 1 amide bonds. The first-order valence-electron chi connectivity index (χ1n) is 11.0. The maximum Gasteiger partial charge on any atom is 0.246 e. The Kier molecular flexibility index (Phi) is 7.47. The fourth-order valence-electron chi connectivity index (χ4n) is 4.15. The number of likely N-dealkylation sites (N-methyl/N-ethyl adjacent to an activating group) is 1. The third kappa shape index (κ3) is 4.65. The summed E-state index contributed by atoms with van der Waals surface area (Å²) < 4.78 is 0. The van der Waals surface area contributed by atoms with E-state index in [4.69, 9.17) is 0 Å². The van der Waals surface area contributed by atoms with Gasteiger partial charge in [-0.1, -0.05) is 56.3 Å². The minimum absolute atomic E-state index is 0.00526. The number of benzene rings is 3. The summed E-state index contributed by atoms with van der Waals surface area (Å²) >= 11 is 0. The van der Waals surface area contributed by atoms with Crippen LogP contribution in [0.5, 0.6) is 0 Å². The van der Waals surface area contributed by atoms with E-state index in [1.54, 1.807) is 0 Å². The number of nitrogens with zero attached hydrogens (tertiary/aromatic N) is 2. The van der Waals surface area contributed by atoms with Gasteiger partial charge in [-0.05, 0) is 62.2 Å². The maximum absolute atomic E-state index is 13.5. The number of anilines is 2. The number of fused-ring (bicyclic) bond motifs is 1. The number of hydrogen-bond donors (Lipinski definition) is 1. The number of carbonyl (C=O) groups is 1. The zero-order chi connectivity index (χ0) is 21.5. The van der Waals surface area contributed by atoms with E-state index >= 15 is 0 Å². The van der Waals surface area contributed by atoms with E-state index < -0.39 is 0 Å². The summed E-state index contributed by atoms with van der Waals surface area (Å²) in [5.41, 5.74) is 3.05. The summed E-state index contributed by atoms with van der Waals surface area (Å²) in [6, 6.07) is 22.2. The molecule has 3 aromatic rings. The SMILES string of the molecule is CCN(CC)c1cc(C(C(=O)Nc2ccccc2)N(CC)CC)cc2ccccc12. The Morgan fingerprint density at radius 2 is 1.47 bits per heavy atom. The van der Waals surface area contributed by atoms with Crippen molar-refractivity contribution in [2.75, 3.05) is 36.4 Å². The van der Waals surface area contributed by atoms with Gasteiger partial charge in [-0.3, -0.25) is 9.69 Å². The van der Waals surface area contributed by atoms with Crippen LogP contribution in [-0.4, -0.2) is 37.0 Å². The van der Waals surface area contributed by atoms with Gasteiger partial charge in [0, 0.05) is 29.9 Å². The Morgan fingerprint density at radius 1 is 0.833 bits per heavy atom. The van der Waals surface area contributed by atoms with Crippen LogP contribution < -0.4 is 10.2 Å². The molecule has 0 aliphatic rings. The van der Waals surface area contributed by atoms with E-state index in [1.165, 1.54) is 16.5 Å². The van der Waals surface area contributed by atoms with Crippen LogP contribution in [-0.2, 0) is 4.79 Å². The van der Waals surface area contributed by atoms with Crippen LogP contribution in [0.15, 0.2) is 66.7 Å². The van der Waals surface area contributed by atoms with Crippen molar-refractivity contribution in [2.45, 2.75) is 33.7 Å². The second-order valence-electron chi connectivity index (χ2n) is 7.41. The molecule has 1 unspecified atom stereocenters. The molecule has 4 nitrogen and oxygen atoms in total. The summed E-state index contributed by atoms with van der Waals surface area (Å²) in [4.78, 5) is 18.0. The second-order valence-corrected chi connectivity index (χ2v) is 7.41. The van der Waals surface area contributed by atoms with E-state index in [2.05, 4.69) is 79.2 Å². The van der Waals surface area contributed by atoms with Crippen molar-refractivity contribution in [1.82, 2.24) is 4.90 Å². The van der Waals surface area contributed by atoms with Crippen molar-refractivity contribution in [3.05, 3.63) is 72.3 Å². The first kappa shape index (κ1) is 21.8. The Hall–Kier alpha value is -2.85. The molecule has 0 aliphatic carbocycles. The highest BCUT2D eigenvalue weighted by molar-refractivity contribution is 5.99. The van der Waals surface area contributed by atoms with E-state index in [0.29, 0.717) is 0 Å². The van der Waals surface area contributed by atoms with Crippen LogP contribution in [0.1, 0.15) is 39.3 Å². The van der Waals surface area contributed by atoms with Gasteiger partial charge in [0.15, 0.2) is 0 Å². The molecule has 0 bridgehead atoms. The van der Waals surface area contributed by atoms with Gasteiger partial charge in [-0.2, -0.15) is 0 Å². The van der Waals surface area contributed by atoms with E-state index in [1.807, 2.05) is 30.3 Å². The Bertz CT molecular complexity index is 962. The minimum atomic E-state index is -0.348. The van der Waals surface area contributed by atoms with Gasteiger partial charge < -0.3 is 10.2 Å². The third-order valence-electron chi connectivity index (χ3n) is 5.75. The number of hydrogen-bond acceptors (Lipinski definition) is 3. The van der Waals surface area contributed by atoms with Gasteiger partial charge in [0.1, 0.15) is 6.04 Å². The van der Waals surface area contributed by atoms with Crippen molar-refractivity contribution in [3.8, 4) is 0 Å². The highest BCUT2D eigenvalue weighted by atomic mass is 16.2. The summed E-state index contributed by atoms with van der Waals surface area (Å²) in [5, 5.41) is 5.52. The summed E-state index contributed by atoms with van der Waals surface area (Å²) in [7, 11) is 0. The molecule has 4 heteroatoms. The van der Waals surface area contributed by atoms with Gasteiger partial charge in [0.2, 0.25) is 5.91 Å². The van der Waals surface area contributed by atoms with Gasteiger partial charge >= 0.3 is 0 Å². The first-order chi connectivity index (χ1) is 14.6. The molecule has 3 aromatic carbocycles. The topological polar surface area (TPSA) is 35.6 Å². The predicted octanol–water partition coefficient (Wildman–Crippen LogP) is 5.71. The lowest BCUT2D eigenvalue weighted by Gasteiger charge is -2.31. The number of amides is 1. The highest BCUT2D eigenvalue weighted by Gasteiger charge is 2.27. The molecule has 158 valence electrons. The monoisotopic (exact) mass is 403 g/mol. The summed E-state index contributed by atoms with van der Waals surface area (Å²) in [6.07, 6.45) is 0. The fraction of sp³-hybridized carbons (Fsp3) is 0.346. The smallest absolute Gasteiger partial charge is 0.246 e. The van der Waals surface area contributed by atoms with Crippen molar-refractivity contribution in [3.63, 3.8) is 0 Å². The second kappa shape index (κ2) is 10.3. The highest BCUT2D eigenvalue weighted by Crippen LogP contribution is 2.33. The van der Waals surface area contributed by atoms with Gasteiger partial charge in [-0.25, -0.2) is 0 Å². The van der Waals surface area contributed by atoms with Crippen molar-refractivity contribution < 1.29 is 4.79 Å². The Morgan fingerprint density at radius 3 is 2.10 bits per heavy atom. The van der Waals surface area contributed by atoms with Crippen molar-refractivity contribution in [2.24, 2.45) is 0 Å². The average molecular weight is 404 g/mol. The van der Waals surface area contributed by atoms with Crippen LogP contribution in [0.2, 0.25) is 0 Å². The molecule has 0 heterocycles. The average Bonchev–Trinajstić information content (AvgIpc) is 2.78. The lowest BCUT2D eigenvalue weighted by Crippen LogP contribution is -2.37. The van der Waals surface area contributed by atoms with Crippen molar-refractivity contribution >= 4 is 28.1 Å². The Labute approximate surface area is 180 Å². The predicted molar refractivity (Wildman–Crippen MR) is 128 cm³/mol. The maximum atomic E-state index is 13.5. The lowest BCUT2D eigenvalue weighted by atomic mass is 9.97. The molecule has 1 atom stereocenters. The number of nitrogens with one attached hydrogen (secondary N) is 1. The first-order valence-corrected chi connectivity index (χ1v) is 11.0. The number of para-hydroxylation sites is 1. The summed E-state index contributed by atoms with van der Waals surface area (Å²) in [6.45, 7) is 12.0. The quantitative estimate of drug-likeness (QED) is 0.497. The molecule has 1 N–H and O–H groups in total. The molecule has 0 fully saturated rings. The molecule has 30 heavy (non-hydrogen) atoms. The summed E-state index contributed by atoms with van der Waals surface area (Å²) in [5.74, 6) is 0.00526. The zero-order valence-electron chi connectivity index (χ0n) is 18.6. The lowest BCUT2D eigenvalue weighted by molar-refractivity contribution is -0.121. The normalized spacial score (nSPS) is 12.2. The molecular formula is C26H33N3O.